The van der Waals surface area contributed by atoms with Crippen molar-refractivity contribution in [3.8, 4) is 0 Å². The van der Waals surface area contributed by atoms with Crippen molar-refractivity contribution < 1.29 is 13.2 Å². The third kappa shape index (κ3) is 4.58. The van der Waals surface area contributed by atoms with Crippen LogP contribution in [0.1, 0.15) is 15.9 Å². The molecule has 0 spiro atoms. The summed E-state index contributed by atoms with van der Waals surface area (Å²) in [4.78, 5) is 16.0. The molecule has 2 aromatic carbocycles. The molecule has 136 valence electrons. The number of nitrogens with zero attached hydrogens (tertiary/aromatic N) is 2. The monoisotopic (exact) mass is 399 g/mol. The van der Waals surface area contributed by atoms with Gasteiger partial charge in [-0.2, -0.15) is 5.10 Å². The largest absolute Gasteiger partial charge is 0.271 e. The van der Waals surface area contributed by atoms with Crippen LogP contribution in [0.5, 0.6) is 0 Å². The Balaban J connectivity index is 1.70. The van der Waals surface area contributed by atoms with Crippen LogP contribution in [0, 0.1) is 0 Å². The number of sulfone groups is 1. The lowest BCUT2D eigenvalue weighted by atomic mass is 10.2. The Morgan fingerprint density at radius 1 is 0.926 bits per heavy atom. The van der Waals surface area contributed by atoms with Crippen LogP contribution >= 0.6 is 11.6 Å². The highest BCUT2D eigenvalue weighted by Crippen LogP contribution is 2.22. The quantitative estimate of drug-likeness (QED) is 0.526. The maximum Gasteiger partial charge on any atom is 0.271 e. The number of carbonyl (C=O) groups is 1. The van der Waals surface area contributed by atoms with E-state index < -0.39 is 9.84 Å². The zero-order chi connectivity index (χ0) is 19.3. The van der Waals surface area contributed by atoms with Crippen LogP contribution in [-0.2, 0) is 9.84 Å². The molecule has 0 fully saturated rings. The summed E-state index contributed by atoms with van der Waals surface area (Å²) in [6, 6.07) is 15.3. The fourth-order valence-electron chi connectivity index (χ4n) is 2.22. The van der Waals surface area contributed by atoms with E-state index in [4.69, 9.17) is 11.6 Å². The van der Waals surface area contributed by atoms with Gasteiger partial charge in [-0.05, 0) is 54.1 Å². The predicted molar refractivity (Wildman–Crippen MR) is 103 cm³/mol. The Morgan fingerprint density at radius 2 is 1.48 bits per heavy atom. The first kappa shape index (κ1) is 18.8. The molecule has 0 aliphatic carbocycles. The molecule has 0 aliphatic heterocycles. The van der Waals surface area contributed by atoms with Gasteiger partial charge in [0, 0.05) is 23.0 Å². The molecular formula is C19H14ClN3O3S. The number of benzene rings is 2. The molecule has 3 rings (SSSR count). The van der Waals surface area contributed by atoms with Gasteiger partial charge in [0.05, 0.1) is 16.0 Å². The standard InChI is InChI=1S/C19H14ClN3O3S/c20-16-3-7-18(8-4-16)27(25,26)17-5-1-14(2-6-17)13-22-23-19(24)15-9-11-21-12-10-15/h1-13H,(H,23,24)/b22-13-. The summed E-state index contributed by atoms with van der Waals surface area (Å²) in [5, 5.41) is 4.34. The molecular weight excluding hydrogens is 386 g/mol. The molecule has 0 atom stereocenters. The minimum absolute atomic E-state index is 0.155. The number of hydrogen-bond donors (Lipinski definition) is 1. The predicted octanol–water partition coefficient (Wildman–Crippen LogP) is 3.33. The number of amides is 1. The highest BCUT2D eigenvalue weighted by atomic mass is 35.5. The van der Waals surface area contributed by atoms with E-state index in [1.165, 1.54) is 55.0 Å². The molecule has 0 saturated heterocycles. The number of carbonyl (C=O) groups excluding carboxylic acids is 1. The highest BCUT2D eigenvalue weighted by Gasteiger charge is 2.17. The molecule has 0 aliphatic rings. The molecule has 0 unspecified atom stereocenters. The first-order valence-electron chi connectivity index (χ1n) is 7.81. The zero-order valence-corrected chi connectivity index (χ0v) is 15.5. The van der Waals surface area contributed by atoms with E-state index in [1.54, 1.807) is 24.3 Å². The first-order chi connectivity index (χ1) is 13.0. The molecule has 1 heterocycles. The normalized spacial score (nSPS) is 11.4. The van der Waals surface area contributed by atoms with Gasteiger partial charge in [0.1, 0.15) is 0 Å². The van der Waals surface area contributed by atoms with Gasteiger partial charge in [0.25, 0.3) is 5.91 Å². The third-order valence-corrected chi connectivity index (χ3v) is 5.67. The van der Waals surface area contributed by atoms with E-state index in [0.29, 0.717) is 16.1 Å². The summed E-state index contributed by atoms with van der Waals surface area (Å²) in [6.45, 7) is 0. The number of pyridine rings is 1. The van der Waals surface area contributed by atoms with Crippen molar-refractivity contribution in [1.82, 2.24) is 10.4 Å². The van der Waals surface area contributed by atoms with Gasteiger partial charge in [-0.15, -0.1) is 0 Å². The number of rotatable bonds is 5. The van der Waals surface area contributed by atoms with E-state index in [-0.39, 0.29) is 15.7 Å². The lowest BCUT2D eigenvalue weighted by Gasteiger charge is -2.05. The average molecular weight is 400 g/mol. The number of aromatic nitrogens is 1. The zero-order valence-electron chi connectivity index (χ0n) is 13.9. The molecule has 0 saturated carbocycles. The Hall–Kier alpha value is -3.03. The Kier molecular flexibility index (Phi) is 5.63. The summed E-state index contributed by atoms with van der Waals surface area (Å²) in [5.41, 5.74) is 3.47. The molecule has 0 radical (unpaired) electrons. The van der Waals surface area contributed by atoms with Gasteiger partial charge in [0.15, 0.2) is 0 Å². The number of hydrogen-bond acceptors (Lipinski definition) is 5. The second-order valence-electron chi connectivity index (χ2n) is 5.46. The van der Waals surface area contributed by atoms with Crippen LogP contribution < -0.4 is 5.43 Å². The smallest absolute Gasteiger partial charge is 0.267 e. The van der Waals surface area contributed by atoms with Crippen LogP contribution in [0.25, 0.3) is 0 Å². The summed E-state index contributed by atoms with van der Waals surface area (Å²) < 4.78 is 25.2. The van der Waals surface area contributed by atoms with Gasteiger partial charge < -0.3 is 0 Å². The van der Waals surface area contributed by atoms with E-state index >= 15 is 0 Å². The minimum atomic E-state index is -3.62. The van der Waals surface area contributed by atoms with Gasteiger partial charge in [-0.1, -0.05) is 23.7 Å². The first-order valence-corrected chi connectivity index (χ1v) is 9.67. The van der Waals surface area contributed by atoms with Gasteiger partial charge in [-0.25, -0.2) is 13.8 Å². The molecule has 8 heteroatoms. The lowest BCUT2D eigenvalue weighted by Crippen LogP contribution is -2.17. The Morgan fingerprint density at radius 3 is 2.07 bits per heavy atom. The second kappa shape index (κ2) is 8.11. The third-order valence-electron chi connectivity index (χ3n) is 3.64. The fourth-order valence-corrected chi connectivity index (χ4v) is 3.60. The highest BCUT2D eigenvalue weighted by molar-refractivity contribution is 7.91. The SMILES string of the molecule is O=C(N/N=C\c1ccc(S(=O)(=O)c2ccc(Cl)cc2)cc1)c1ccncc1. The lowest BCUT2D eigenvalue weighted by molar-refractivity contribution is 0.0955. The number of hydrazone groups is 1. The second-order valence-corrected chi connectivity index (χ2v) is 7.85. The van der Waals surface area contributed by atoms with Gasteiger partial charge in [0.2, 0.25) is 9.84 Å². The summed E-state index contributed by atoms with van der Waals surface area (Å²) in [7, 11) is -3.62. The van der Waals surface area contributed by atoms with Gasteiger partial charge in [-0.3, -0.25) is 9.78 Å². The Bertz CT molecular complexity index is 1070. The van der Waals surface area contributed by atoms with Crippen molar-refractivity contribution in [2.75, 3.05) is 0 Å². The van der Waals surface area contributed by atoms with Crippen molar-refractivity contribution in [3.63, 3.8) is 0 Å². The van der Waals surface area contributed by atoms with Crippen molar-refractivity contribution in [3.05, 3.63) is 89.2 Å². The number of halogens is 1. The van der Waals surface area contributed by atoms with E-state index in [2.05, 4.69) is 15.5 Å². The summed E-state index contributed by atoms with van der Waals surface area (Å²) in [5.74, 6) is -0.365. The van der Waals surface area contributed by atoms with E-state index in [1.807, 2.05) is 0 Å². The van der Waals surface area contributed by atoms with E-state index in [9.17, 15) is 13.2 Å². The topological polar surface area (TPSA) is 88.5 Å². The van der Waals surface area contributed by atoms with Crippen LogP contribution in [0.4, 0.5) is 0 Å². The molecule has 1 N–H and O–H groups in total. The van der Waals surface area contributed by atoms with Crippen LogP contribution in [0.3, 0.4) is 0 Å². The van der Waals surface area contributed by atoms with Crippen LogP contribution in [-0.4, -0.2) is 25.5 Å². The Labute approximate surface area is 161 Å². The average Bonchev–Trinajstić information content (AvgIpc) is 2.69. The van der Waals surface area contributed by atoms with Crippen molar-refractivity contribution in [2.24, 2.45) is 5.10 Å². The van der Waals surface area contributed by atoms with Crippen molar-refractivity contribution >= 4 is 33.6 Å². The number of nitrogens with one attached hydrogen (secondary N) is 1. The summed E-state index contributed by atoms with van der Waals surface area (Å²) >= 11 is 5.80. The molecule has 6 nitrogen and oxygen atoms in total. The molecule has 1 aromatic heterocycles. The van der Waals surface area contributed by atoms with Crippen molar-refractivity contribution in [1.29, 1.82) is 0 Å². The molecule has 3 aromatic rings. The molecule has 0 bridgehead atoms. The van der Waals surface area contributed by atoms with Gasteiger partial charge >= 0.3 is 0 Å². The summed E-state index contributed by atoms with van der Waals surface area (Å²) in [6.07, 6.45) is 4.45. The molecule has 27 heavy (non-hydrogen) atoms. The van der Waals surface area contributed by atoms with Crippen molar-refractivity contribution in [2.45, 2.75) is 9.79 Å². The van der Waals surface area contributed by atoms with E-state index in [0.717, 1.165) is 0 Å². The molecule has 1 amide bonds. The van der Waals surface area contributed by atoms with Crippen LogP contribution in [0.15, 0.2) is 87.9 Å². The fraction of sp³-hybridized carbons (Fsp3) is 0. The maximum absolute atomic E-state index is 12.6. The maximum atomic E-state index is 12.6. The van der Waals surface area contributed by atoms with Crippen LogP contribution in [0.2, 0.25) is 5.02 Å². The minimum Gasteiger partial charge on any atom is -0.267 e.